The number of aliphatic carboxylic acids is 1. The standard InChI is InChI=1S/C21H18FN3O2S/c1-12(20(26)27)10-24-17-8-15(18-19(16(17)9-23)28-11-25-18)13-4-6-14(7-5-13)21(2,3)22/h4-8,11,24H,1,10H2,2-3H3,(H,26,27). The van der Waals surface area contributed by atoms with Crippen molar-refractivity contribution >= 4 is 33.2 Å². The first-order valence-electron chi connectivity index (χ1n) is 8.47. The number of carboxylic acid groups (broad SMARTS) is 1. The Kier molecular flexibility index (Phi) is 5.16. The van der Waals surface area contributed by atoms with Crippen LogP contribution in [0.15, 0.2) is 48.0 Å². The smallest absolute Gasteiger partial charge is 0.332 e. The monoisotopic (exact) mass is 395 g/mol. The predicted molar refractivity (Wildman–Crippen MR) is 109 cm³/mol. The molecule has 0 radical (unpaired) electrons. The molecule has 2 aromatic carbocycles. The van der Waals surface area contributed by atoms with E-state index in [4.69, 9.17) is 5.11 Å². The first-order valence-corrected chi connectivity index (χ1v) is 9.35. The lowest BCUT2D eigenvalue weighted by molar-refractivity contribution is -0.132. The normalized spacial score (nSPS) is 11.2. The molecule has 5 nitrogen and oxygen atoms in total. The first kappa shape index (κ1) is 19.5. The lowest BCUT2D eigenvalue weighted by atomic mass is 9.95. The van der Waals surface area contributed by atoms with Crippen molar-refractivity contribution in [3.63, 3.8) is 0 Å². The summed E-state index contributed by atoms with van der Waals surface area (Å²) in [6.07, 6.45) is 0. The molecule has 1 aromatic heterocycles. The predicted octanol–water partition coefficient (Wildman–Crippen LogP) is 5.09. The summed E-state index contributed by atoms with van der Waals surface area (Å²) >= 11 is 1.34. The summed E-state index contributed by atoms with van der Waals surface area (Å²) in [5.41, 5.74) is 3.97. The molecule has 0 unspecified atom stereocenters. The summed E-state index contributed by atoms with van der Waals surface area (Å²) in [6, 6.07) is 11.0. The summed E-state index contributed by atoms with van der Waals surface area (Å²) in [5, 5.41) is 21.6. The fraction of sp³-hybridized carbons (Fsp3) is 0.190. The van der Waals surface area contributed by atoms with Crippen LogP contribution in [0.25, 0.3) is 21.3 Å². The van der Waals surface area contributed by atoms with Crippen LogP contribution in [0, 0.1) is 11.3 Å². The molecule has 0 amide bonds. The van der Waals surface area contributed by atoms with Crippen LogP contribution in [-0.4, -0.2) is 22.6 Å². The van der Waals surface area contributed by atoms with Crippen LogP contribution < -0.4 is 5.32 Å². The maximum absolute atomic E-state index is 14.1. The molecule has 3 rings (SSSR count). The Bertz CT molecular complexity index is 1110. The Hall–Kier alpha value is -3.24. The Morgan fingerprint density at radius 2 is 2.07 bits per heavy atom. The van der Waals surface area contributed by atoms with Gasteiger partial charge in [-0.1, -0.05) is 30.8 Å². The number of carbonyl (C=O) groups is 1. The number of fused-ring (bicyclic) bond motifs is 1. The number of rotatable bonds is 6. The number of thiazole rings is 1. The number of aromatic nitrogens is 1. The summed E-state index contributed by atoms with van der Waals surface area (Å²) in [5.74, 6) is -1.10. The van der Waals surface area contributed by atoms with Crippen molar-refractivity contribution < 1.29 is 14.3 Å². The molecular weight excluding hydrogens is 377 g/mol. The minimum Gasteiger partial charge on any atom is -0.478 e. The van der Waals surface area contributed by atoms with Gasteiger partial charge in [0.1, 0.15) is 11.7 Å². The van der Waals surface area contributed by atoms with Crippen molar-refractivity contribution in [3.8, 4) is 17.2 Å². The highest BCUT2D eigenvalue weighted by Crippen LogP contribution is 2.37. The number of hydrogen-bond acceptors (Lipinski definition) is 5. The molecule has 1 heterocycles. The third-order valence-electron chi connectivity index (χ3n) is 4.40. The van der Waals surface area contributed by atoms with E-state index < -0.39 is 11.6 Å². The van der Waals surface area contributed by atoms with Crippen LogP contribution in [0.5, 0.6) is 0 Å². The van der Waals surface area contributed by atoms with Crippen molar-refractivity contribution in [3.05, 3.63) is 59.1 Å². The van der Waals surface area contributed by atoms with Gasteiger partial charge in [0.15, 0.2) is 0 Å². The minimum absolute atomic E-state index is 0.00272. The Labute approximate surface area is 165 Å². The average Bonchev–Trinajstić information content (AvgIpc) is 3.14. The molecule has 0 spiro atoms. The number of nitrogens with zero attached hydrogens (tertiary/aromatic N) is 2. The number of alkyl halides is 1. The molecule has 7 heteroatoms. The van der Waals surface area contributed by atoms with Crippen LogP contribution in [0.4, 0.5) is 10.1 Å². The number of carboxylic acids is 1. The first-order chi connectivity index (χ1) is 13.2. The maximum atomic E-state index is 14.1. The molecule has 0 saturated carbocycles. The number of halogens is 1. The number of hydrogen-bond donors (Lipinski definition) is 2. The van der Waals surface area contributed by atoms with E-state index in [1.165, 1.54) is 25.2 Å². The van der Waals surface area contributed by atoms with E-state index in [2.05, 4.69) is 22.9 Å². The van der Waals surface area contributed by atoms with Gasteiger partial charge in [0, 0.05) is 17.7 Å². The van der Waals surface area contributed by atoms with E-state index in [1.54, 1.807) is 23.7 Å². The summed E-state index contributed by atoms with van der Waals surface area (Å²) in [4.78, 5) is 15.4. The third kappa shape index (κ3) is 3.73. The van der Waals surface area contributed by atoms with Crippen LogP contribution >= 0.6 is 11.3 Å². The molecule has 0 fully saturated rings. The second-order valence-corrected chi connectivity index (χ2v) is 7.66. The highest BCUT2D eigenvalue weighted by molar-refractivity contribution is 7.17. The van der Waals surface area contributed by atoms with Crippen LogP contribution in [0.3, 0.4) is 0 Å². The van der Waals surface area contributed by atoms with E-state index in [9.17, 15) is 14.4 Å². The van der Waals surface area contributed by atoms with Gasteiger partial charge in [0.25, 0.3) is 0 Å². The Balaban J connectivity index is 2.10. The quantitative estimate of drug-likeness (QED) is 0.568. The largest absolute Gasteiger partial charge is 0.478 e. The molecular formula is C21H18FN3O2S. The molecule has 142 valence electrons. The number of nitriles is 1. The van der Waals surface area contributed by atoms with E-state index in [1.807, 2.05) is 12.1 Å². The summed E-state index contributed by atoms with van der Waals surface area (Å²) in [7, 11) is 0. The topological polar surface area (TPSA) is 86.0 Å². The van der Waals surface area contributed by atoms with Gasteiger partial charge in [-0.3, -0.25) is 0 Å². The van der Waals surface area contributed by atoms with E-state index in [0.29, 0.717) is 27.0 Å². The van der Waals surface area contributed by atoms with E-state index in [0.717, 1.165) is 11.1 Å². The van der Waals surface area contributed by atoms with Crippen molar-refractivity contribution in [2.75, 3.05) is 11.9 Å². The van der Waals surface area contributed by atoms with Gasteiger partial charge in [0.2, 0.25) is 0 Å². The molecule has 0 atom stereocenters. The molecule has 0 aliphatic heterocycles. The second kappa shape index (κ2) is 7.41. The van der Waals surface area contributed by atoms with Crippen LogP contribution in [-0.2, 0) is 10.5 Å². The van der Waals surface area contributed by atoms with Gasteiger partial charge >= 0.3 is 5.97 Å². The van der Waals surface area contributed by atoms with Crippen molar-refractivity contribution in [1.29, 1.82) is 5.26 Å². The number of nitrogens with one attached hydrogen (secondary N) is 1. The Morgan fingerprint density at radius 3 is 2.64 bits per heavy atom. The van der Waals surface area contributed by atoms with Gasteiger partial charge in [-0.25, -0.2) is 14.2 Å². The fourth-order valence-corrected chi connectivity index (χ4v) is 3.63. The van der Waals surface area contributed by atoms with E-state index in [-0.39, 0.29) is 12.1 Å². The van der Waals surface area contributed by atoms with Crippen LogP contribution in [0.2, 0.25) is 0 Å². The third-order valence-corrected chi connectivity index (χ3v) is 5.24. The average molecular weight is 395 g/mol. The molecule has 0 aliphatic rings. The van der Waals surface area contributed by atoms with Gasteiger partial charge < -0.3 is 10.4 Å². The molecule has 28 heavy (non-hydrogen) atoms. The van der Waals surface area contributed by atoms with Crippen molar-refractivity contribution in [1.82, 2.24) is 4.98 Å². The highest BCUT2D eigenvalue weighted by atomic mass is 32.1. The zero-order valence-electron chi connectivity index (χ0n) is 15.4. The lowest BCUT2D eigenvalue weighted by Gasteiger charge is -2.16. The minimum atomic E-state index is -1.44. The molecule has 3 aromatic rings. The summed E-state index contributed by atoms with van der Waals surface area (Å²) < 4.78 is 14.9. The second-order valence-electron chi connectivity index (χ2n) is 6.80. The molecule has 0 bridgehead atoms. The van der Waals surface area contributed by atoms with Gasteiger partial charge in [0.05, 0.1) is 27.0 Å². The van der Waals surface area contributed by atoms with Crippen molar-refractivity contribution in [2.45, 2.75) is 19.5 Å². The van der Waals surface area contributed by atoms with Gasteiger partial charge in [-0.05, 0) is 31.0 Å². The fourth-order valence-electron chi connectivity index (χ4n) is 2.82. The zero-order chi connectivity index (χ0) is 20.5. The zero-order valence-corrected chi connectivity index (χ0v) is 16.2. The van der Waals surface area contributed by atoms with Crippen LogP contribution in [0.1, 0.15) is 25.0 Å². The maximum Gasteiger partial charge on any atom is 0.332 e. The molecule has 0 saturated heterocycles. The van der Waals surface area contributed by atoms with Crippen molar-refractivity contribution in [2.24, 2.45) is 0 Å². The van der Waals surface area contributed by atoms with E-state index >= 15 is 0 Å². The number of anilines is 1. The molecule has 2 N–H and O–H groups in total. The van der Waals surface area contributed by atoms with Gasteiger partial charge in [-0.2, -0.15) is 5.26 Å². The summed E-state index contributed by atoms with van der Waals surface area (Å²) in [6.45, 7) is 6.50. The lowest BCUT2D eigenvalue weighted by Crippen LogP contribution is -2.12. The SMILES string of the molecule is C=C(CNc1cc(-c2ccc(C(C)(C)F)cc2)c2ncsc2c1C#N)C(=O)O. The molecule has 0 aliphatic carbocycles. The Morgan fingerprint density at radius 1 is 1.39 bits per heavy atom. The van der Waals surface area contributed by atoms with Gasteiger partial charge in [-0.15, -0.1) is 11.3 Å². The highest BCUT2D eigenvalue weighted by Gasteiger charge is 2.20. The number of benzene rings is 2.